The zero-order valence-corrected chi connectivity index (χ0v) is 11.0. The first-order chi connectivity index (χ1) is 9.71. The standard InChI is InChI=1S/C13H13N5O2/c1-7-10-12(17-13(15-7)18-14)20-11(16-10)8-3-5-9(19-2)6-4-8/h3-6H,14H2,1-2H3,(H,15,17,18). The van der Waals surface area contributed by atoms with E-state index in [4.69, 9.17) is 15.0 Å². The van der Waals surface area contributed by atoms with Crippen LogP contribution in [-0.4, -0.2) is 22.1 Å². The zero-order valence-electron chi connectivity index (χ0n) is 11.0. The number of nitrogens with two attached hydrogens (primary N) is 1. The highest BCUT2D eigenvalue weighted by atomic mass is 16.5. The van der Waals surface area contributed by atoms with Crippen LogP contribution in [0.3, 0.4) is 0 Å². The lowest BCUT2D eigenvalue weighted by Crippen LogP contribution is -2.10. The van der Waals surface area contributed by atoms with Gasteiger partial charge in [-0.2, -0.15) is 4.98 Å². The Morgan fingerprint density at radius 2 is 1.90 bits per heavy atom. The average molecular weight is 271 g/mol. The van der Waals surface area contributed by atoms with E-state index in [-0.39, 0.29) is 0 Å². The Balaban J connectivity index is 2.09. The number of nitrogen functional groups attached to an aromatic ring is 1. The first-order valence-electron chi connectivity index (χ1n) is 5.97. The Bertz CT molecular complexity index is 751. The van der Waals surface area contributed by atoms with E-state index < -0.39 is 0 Å². The maximum atomic E-state index is 5.65. The fourth-order valence-electron chi connectivity index (χ4n) is 1.88. The predicted octanol–water partition coefficient (Wildman–Crippen LogP) is 1.89. The third-order valence-electron chi connectivity index (χ3n) is 2.90. The van der Waals surface area contributed by atoms with Gasteiger partial charge in [-0.1, -0.05) is 0 Å². The normalized spacial score (nSPS) is 10.8. The summed E-state index contributed by atoms with van der Waals surface area (Å²) in [6.45, 7) is 1.82. The lowest BCUT2D eigenvalue weighted by Gasteiger charge is -1.99. The van der Waals surface area contributed by atoms with E-state index in [1.54, 1.807) is 7.11 Å². The van der Waals surface area contributed by atoms with Crippen LogP contribution in [0.2, 0.25) is 0 Å². The smallest absolute Gasteiger partial charge is 0.252 e. The molecule has 2 heterocycles. The fourth-order valence-corrected chi connectivity index (χ4v) is 1.88. The Morgan fingerprint density at radius 3 is 2.55 bits per heavy atom. The van der Waals surface area contributed by atoms with Crippen molar-refractivity contribution in [2.45, 2.75) is 6.92 Å². The molecular weight excluding hydrogens is 258 g/mol. The molecule has 2 aromatic heterocycles. The lowest BCUT2D eigenvalue weighted by molar-refractivity contribution is 0.415. The Hall–Kier alpha value is -2.67. The van der Waals surface area contributed by atoms with Crippen LogP contribution in [0.15, 0.2) is 28.7 Å². The summed E-state index contributed by atoms with van der Waals surface area (Å²) in [7, 11) is 1.62. The Morgan fingerprint density at radius 1 is 1.15 bits per heavy atom. The number of rotatable bonds is 3. The number of nitrogens with zero attached hydrogens (tertiary/aromatic N) is 3. The van der Waals surface area contributed by atoms with Crippen LogP contribution in [0, 0.1) is 6.92 Å². The lowest BCUT2D eigenvalue weighted by atomic mass is 10.2. The topological polar surface area (TPSA) is 99.1 Å². The van der Waals surface area contributed by atoms with Crippen molar-refractivity contribution in [3.05, 3.63) is 30.0 Å². The van der Waals surface area contributed by atoms with Gasteiger partial charge in [-0.3, -0.25) is 5.43 Å². The van der Waals surface area contributed by atoms with Gasteiger partial charge in [0.05, 0.1) is 12.8 Å². The highest BCUT2D eigenvalue weighted by Crippen LogP contribution is 2.26. The molecule has 0 aliphatic rings. The molecule has 0 unspecified atom stereocenters. The summed E-state index contributed by atoms with van der Waals surface area (Å²) in [5.41, 5.74) is 4.96. The highest BCUT2D eigenvalue weighted by Gasteiger charge is 2.13. The number of aromatic nitrogens is 3. The van der Waals surface area contributed by atoms with Crippen molar-refractivity contribution in [2.75, 3.05) is 12.5 Å². The number of oxazole rings is 1. The summed E-state index contributed by atoms with van der Waals surface area (Å²) in [6, 6.07) is 7.42. The number of methoxy groups -OCH3 is 1. The van der Waals surface area contributed by atoms with Crippen LogP contribution in [-0.2, 0) is 0 Å². The fraction of sp³-hybridized carbons (Fsp3) is 0.154. The van der Waals surface area contributed by atoms with Crippen LogP contribution in [0.4, 0.5) is 5.95 Å². The van der Waals surface area contributed by atoms with E-state index >= 15 is 0 Å². The van der Waals surface area contributed by atoms with Gasteiger partial charge >= 0.3 is 0 Å². The summed E-state index contributed by atoms with van der Waals surface area (Å²) in [6.07, 6.45) is 0. The van der Waals surface area contributed by atoms with E-state index in [1.807, 2.05) is 31.2 Å². The molecule has 7 nitrogen and oxygen atoms in total. The van der Waals surface area contributed by atoms with Crippen molar-refractivity contribution in [3.63, 3.8) is 0 Å². The molecule has 7 heteroatoms. The molecule has 20 heavy (non-hydrogen) atoms. The minimum Gasteiger partial charge on any atom is -0.497 e. The van der Waals surface area contributed by atoms with Crippen molar-refractivity contribution in [2.24, 2.45) is 5.84 Å². The van der Waals surface area contributed by atoms with Gasteiger partial charge in [0.1, 0.15) is 5.75 Å². The number of anilines is 1. The second-order valence-corrected chi connectivity index (χ2v) is 4.18. The summed E-state index contributed by atoms with van der Waals surface area (Å²) in [5, 5.41) is 0. The molecule has 0 saturated carbocycles. The van der Waals surface area contributed by atoms with Gasteiger partial charge in [0, 0.05) is 5.56 Å². The van der Waals surface area contributed by atoms with Gasteiger partial charge in [0.15, 0.2) is 5.52 Å². The molecule has 3 rings (SSSR count). The molecule has 3 N–H and O–H groups in total. The molecule has 0 saturated heterocycles. The molecule has 0 radical (unpaired) electrons. The first-order valence-corrected chi connectivity index (χ1v) is 5.97. The average Bonchev–Trinajstić information content (AvgIpc) is 2.92. The SMILES string of the molecule is COc1ccc(-c2nc3c(C)nc(NN)nc3o2)cc1. The summed E-state index contributed by atoms with van der Waals surface area (Å²) in [5.74, 6) is 6.86. The second-order valence-electron chi connectivity index (χ2n) is 4.18. The third-order valence-corrected chi connectivity index (χ3v) is 2.90. The van der Waals surface area contributed by atoms with E-state index in [1.165, 1.54) is 0 Å². The van der Waals surface area contributed by atoms with Crippen LogP contribution >= 0.6 is 0 Å². The predicted molar refractivity (Wildman–Crippen MR) is 74.1 cm³/mol. The van der Waals surface area contributed by atoms with Gasteiger partial charge in [0.2, 0.25) is 11.8 Å². The summed E-state index contributed by atoms with van der Waals surface area (Å²) in [4.78, 5) is 12.7. The number of hydrazine groups is 1. The van der Waals surface area contributed by atoms with E-state index in [2.05, 4.69) is 20.4 Å². The quantitative estimate of drug-likeness (QED) is 0.554. The van der Waals surface area contributed by atoms with E-state index in [9.17, 15) is 0 Å². The van der Waals surface area contributed by atoms with Crippen molar-refractivity contribution in [1.82, 2.24) is 15.0 Å². The molecule has 0 aliphatic heterocycles. The molecule has 0 aliphatic carbocycles. The van der Waals surface area contributed by atoms with Crippen LogP contribution < -0.4 is 16.0 Å². The second kappa shape index (κ2) is 4.78. The Kier molecular flexibility index (Phi) is 2.96. The Labute approximate surface area is 114 Å². The van der Waals surface area contributed by atoms with Gasteiger partial charge in [0.25, 0.3) is 5.71 Å². The molecule has 0 amide bonds. The molecule has 102 valence electrons. The van der Waals surface area contributed by atoms with Crippen molar-refractivity contribution in [1.29, 1.82) is 0 Å². The molecule has 1 aromatic carbocycles. The van der Waals surface area contributed by atoms with Gasteiger partial charge in [-0.25, -0.2) is 15.8 Å². The van der Waals surface area contributed by atoms with Crippen molar-refractivity contribution < 1.29 is 9.15 Å². The maximum absolute atomic E-state index is 5.65. The number of aryl methyl sites for hydroxylation is 1. The number of hydrogen-bond donors (Lipinski definition) is 2. The largest absolute Gasteiger partial charge is 0.497 e. The van der Waals surface area contributed by atoms with Crippen LogP contribution in [0.25, 0.3) is 22.7 Å². The molecule has 0 fully saturated rings. The molecule has 0 atom stereocenters. The minimum absolute atomic E-state index is 0.299. The summed E-state index contributed by atoms with van der Waals surface area (Å²) >= 11 is 0. The molecule has 0 bridgehead atoms. The van der Waals surface area contributed by atoms with Crippen LogP contribution in [0.1, 0.15) is 5.69 Å². The van der Waals surface area contributed by atoms with Gasteiger partial charge < -0.3 is 9.15 Å². The van der Waals surface area contributed by atoms with E-state index in [0.717, 1.165) is 11.3 Å². The number of fused-ring (bicyclic) bond motifs is 1. The maximum Gasteiger partial charge on any atom is 0.252 e. The number of benzene rings is 1. The monoisotopic (exact) mass is 271 g/mol. The molecular formula is C13H13N5O2. The zero-order chi connectivity index (χ0) is 14.1. The van der Waals surface area contributed by atoms with E-state index in [0.29, 0.717) is 28.8 Å². The van der Waals surface area contributed by atoms with Crippen molar-refractivity contribution >= 4 is 17.2 Å². The number of hydrogen-bond acceptors (Lipinski definition) is 7. The number of nitrogens with one attached hydrogen (secondary N) is 1. The summed E-state index contributed by atoms with van der Waals surface area (Å²) < 4.78 is 10.8. The number of ether oxygens (including phenoxy) is 1. The van der Waals surface area contributed by atoms with Crippen molar-refractivity contribution in [3.8, 4) is 17.2 Å². The minimum atomic E-state index is 0.299. The van der Waals surface area contributed by atoms with Gasteiger partial charge in [-0.05, 0) is 31.2 Å². The molecule has 3 aromatic rings. The molecule has 0 spiro atoms. The van der Waals surface area contributed by atoms with Gasteiger partial charge in [-0.15, -0.1) is 0 Å². The van der Waals surface area contributed by atoms with Crippen LogP contribution in [0.5, 0.6) is 5.75 Å². The third kappa shape index (κ3) is 2.04. The first kappa shape index (κ1) is 12.4. The highest BCUT2D eigenvalue weighted by molar-refractivity contribution is 5.75.